The van der Waals surface area contributed by atoms with Gasteiger partial charge in [0.15, 0.2) is 0 Å². The largest absolute Gasteiger partial charge is 0.463 e. The van der Waals surface area contributed by atoms with E-state index in [-0.39, 0.29) is 17.3 Å². The van der Waals surface area contributed by atoms with Crippen molar-refractivity contribution in [2.75, 3.05) is 6.61 Å². The van der Waals surface area contributed by atoms with Gasteiger partial charge in [-0.2, -0.15) is 0 Å². The van der Waals surface area contributed by atoms with Gasteiger partial charge in [0.05, 0.1) is 12.2 Å². The van der Waals surface area contributed by atoms with Crippen molar-refractivity contribution < 1.29 is 44.1 Å². The van der Waals surface area contributed by atoms with Crippen LogP contribution in [-0.4, -0.2) is 29.8 Å². The van der Waals surface area contributed by atoms with E-state index in [1.165, 1.54) is 42.0 Å². The maximum atomic E-state index is 12.0. The molecule has 9 heteroatoms. The van der Waals surface area contributed by atoms with Crippen LogP contribution in [0.1, 0.15) is 53.6 Å². The molecule has 2 aromatic carbocycles. The first-order valence-corrected chi connectivity index (χ1v) is 11.1. The lowest BCUT2D eigenvalue weighted by Crippen LogP contribution is -2.07. The fraction of sp³-hybridized carbons (Fsp3) is 0.269. The minimum Gasteiger partial charge on any atom is -0.463 e. The molecule has 0 spiro atoms. The average molecular weight is 485 g/mol. The summed E-state index contributed by atoms with van der Waals surface area (Å²) >= 11 is 0. The highest BCUT2D eigenvalue weighted by Gasteiger charge is 2.10. The molecular weight excluding hydrogens is 456 g/mol. The summed E-state index contributed by atoms with van der Waals surface area (Å²) in [6, 6.07) is 13.5. The van der Waals surface area contributed by atoms with E-state index < -0.39 is 11.9 Å². The van der Waals surface area contributed by atoms with Crippen molar-refractivity contribution in [1.82, 2.24) is 0 Å². The van der Waals surface area contributed by atoms with E-state index >= 15 is 0 Å². The predicted octanol–water partition coefficient (Wildman–Crippen LogP) is 5.02. The summed E-state index contributed by atoms with van der Waals surface area (Å²) in [6.45, 7) is 3.80. The van der Waals surface area contributed by atoms with Gasteiger partial charge in [-0.25, -0.2) is 19.6 Å². The number of carbonyl (C=O) groups excluding carboxylic acids is 3. The zero-order valence-electron chi connectivity index (χ0n) is 19.2. The third kappa shape index (κ3) is 11.3. The monoisotopic (exact) mass is 484 g/mol. The van der Waals surface area contributed by atoms with Crippen LogP contribution in [0.3, 0.4) is 0 Å². The summed E-state index contributed by atoms with van der Waals surface area (Å²) in [7, 11) is 0. The van der Waals surface area contributed by atoms with Gasteiger partial charge in [-0.05, 0) is 65.8 Å². The Morgan fingerprint density at radius 3 is 2.23 bits per heavy atom. The summed E-state index contributed by atoms with van der Waals surface area (Å²) in [5.41, 5.74) is 2.19. The molecule has 0 amide bonds. The first kappa shape index (κ1) is 27.5. The Morgan fingerprint density at radius 1 is 0.857 bits per heavy atom. The Bertz CT molecular complexity index is 979. The van der Waals surface area contributed by atoms with Gasteiger partial charge in [-0.1, -0.05) is 50.1 Å². The third-order valence-corrected chi connectivity index (χ3v) is 4.86. The molecule has 0 fully saturated rings. The van der Waals surface area contributed by atoms with E-state index in [4.69, 9.17) is 14.7 Å². The lowest BCUT2D eigenvalue weighted by atomic mass is 10.0. The molecule has 0 unspecified atom stereocenters. The van der Waals surface area contributed by atoms with Gasteiger partial charge in [0.2, 0.25) is 0 Å². The maximum Gasteiger partial charge on any atom is 0.376 e. The van der Waals surface area contributed by atoms with Crippen molar-refractivity contribution >= 4 is 24.0 Å². The zero-order valence-corrected chi connectivity index (χ0v) is 19.2. The van der Waals surface area contributed by atoms with Gasteiger partial charge >= 0.3 is 17.9 Å². The maximum absolute atomic E-state index is 12.0. The molecule has 35 heavy (non-hydrogen) atoms. The van der Waals surface area contributed by atoms with Crippen molar-refractivity contribution in [2.45, 2.75) is 38.5 Å². The van der Waals surface area contributed by atoms with E-state index in [0.717, 1.165) is 44.1 Å². The first-order valence-electron chi connectivity index (χ1n) is 11.1. The van der Waals surface area contributed by atoms with Gasteiger partial charge in [0.25, 0.3) is 0 Å². The molecule has 0 saturated carbocycles. The Morgan fingerprint density at radius 2 is 1.54 bits per heavy atom. The van der Waals surface area contributed by atoms with Crippen LogP contribution in [0.5, 0.6) is 5.75 Å². The van der Waals surface area contributed by atoms with Gasteiger partial charge in [-0.3, -0.25) is 4.89 Å². The van der Waals surface area contributed by atoms with Crippen LogP contribution in [-0.2, 0) is 35.7 Å². The van der Waals surface area contributed by atoms with Crippen molar-refractivity contribution in [1.29, 1.82) is 0 Å². The average Bonchev–Trinajstić information content (AvgIpc) is 2.88. The Balaban J connectivity index is 1.67. The molecule has 0 atom stereocenters. The Labute approximate surface area is 203 Å². The highest BCUT2D eigenvalue weighted by Crippen LogP contribution is 2.15. The standard InChI is InChI=1S/C26H28O9/c1-2-24(27)31-19-7-5-3-4-6-8-20-9-11-21(12-10-20)13-18-25(28)32-23-16-14-22(15-17-23)26(29)33-35-34-30/h2,9-18,30H,1,3-8,19H2/b18-13+. The number of esters is 2. The summed E-state index contributed by atoms with van der Waals surface area (Å²) < 4.78 is 10.1. The lowest BCUT2D eigenvalue weighted by Gasteiger charge is -2.04. The molecule has 0 aliphatic rings. The summed E-state index contributed by atoms with van der Waals surface area (Å²) in [5.74, 6) is -1.60. The number of rotatable bonds is 15. The smallest absolute Gasteiger partial charge is 0.376 e. The SMILES string of the molecule is C=CC(=O)OCCCCCCCc1ccc(/C=C/C(=O)Oc2ccc(C(=O)OOOO)cc2)cc1. The molecule has 186 valence electrons. The summed E-state index contributed by atoms with van der Waals surface area (Å²) in [5, 5.41) is 14.8. The summed E-state index contributed by atoms with van der Waals surface area (Å²) in [6.07, 6.45) is 10.3. The first-order chi connectivity index (χ1) is 17.0. The number of hydrogen-bond donors (Lipinski definition) is 1. The van der Waals surface area contributed by atoms with Crippen molar-refractivity contribution in [2.24, 2.45) is 0 Å². The number of benzene rings is 2. The van der Waals surface area contributed by atoms with E-state index in [1.54, 1.807) is 6.08 Å². The molecule has 0 saturated heterocycles. The molecule has 1 N–H and O–H groups in total. The topological polar surface area (TPSA) is 118 Å². The molecular formula is C26H28O9. The van der Waals surface area contributed by atoms with Crippen molar-refractivity contribution in [3.63, 3.8) is 0 Å². The van der Waals surface area contributed by atoms with Crippen LogP contribution in [0, 0.1) is 0 Å². The van der Waals surface area contributed by atoms with Crippen molar-refractivity contribution in [3.05, 3.63) is 84.0 Å². The van der Waals surface area contributed by atoms with Gasteiger partial charge < -0.3 is 9.47 Å². The third-order valence-electron chi connectivity index (χ3n) is 4.86. The molecule has 0 bridgehead atoms. The fourth-order valence-corrected chi connectivity index (χ4v) is 3.06. The van der Waals surface area contributed by atoms with Gasteiger partial charge in [-0.15, -0.1) is 0 Å². The molecule has 0 radical (unpaired) electrons. The van der Waals surface area contributed by atoms with E-state index in [0.29, 0.717) is 6.61 Å². The van der Waals surface area contributed by atoms with Crippen LogP contribution in [0.4, 0.5) is 0 Å². The van der Waals surface area contributed by atoms with E-state index in [2.05, 4.69) is 21.5 Å². The number of aryl methyl sites for hydroxylation is 1. The number of ether oxygens (including phenoxy) is 2. The molecule has 2 rings (SSSR count). The second-order valence-electron chi connectivity index (χ2n) is 7.42. The minimum absolute atomic E-state index is 0.101. The predicted molar refractivity (Wildman–Crippen MR) is 126 cm³/mol. The Hall–Kier alpha value is -3.79. The highest BCUT2D eigenvalue weighted by molar-refractivity contribution is 5.90. The number of hydrogen-bond acceptors (Lipinski definition) is 9. The molecule has 9 nitrogen and oxygen atoms in total. The molecule has 0 aliphatic carbocycles. The van der Waals surface area contributed by atoms with Crippen molar-refractivity contribution in [3.8, 4) is 5.75 Å². The van der Waals surface area contributed by atoms with E-state index in [9.17, 15) is 14.4 Å². The van der Waals surface area contributed by atoms with Crippen LogP contribution in [0.15, 0.2) is 67.3 Å². The van der Waals surface area contributed by atoms with Crippen LogP contribution < -0.4 is 4.74 Å². The molecule has 0 aliphatic heterocycles. The lowest BCUT2D eigenvalue weighted by molar-refractivity contribution is -0.603. The molecule has 0 heterocycles. The second-order valence-corrected chi connectivity index (χ2v) is 7.42. The van der Waals surface area contributed by atoms with Gasteiger partial charge in [0.1, 0.15) is 5.75 Å². The Kier molecular flexibility index (Phi) is 12.5. The quantitative estimate of drug-likeness (QED) is 0.0928. The second kappa shape index (κ2) is 15.9. The number of carbonyl (C=O) groups is 3. The van der Waals surface area contributed by atoms with E-state index in [1.807, 2.05) is 24.3 Å². The normalized spacial score (nSPS) is 10.7. The molecule has 2 aromatic rings. The fourth-order valence-electron chi connectivity index (χ4n) is 3.06. The molecule has 0 aromatic heterocycles. The van der Waals surface area contributed by atoms with Crippen LogP contribution in [0.2, 0.25) is 0 Å². The zero-order chi connectivity index (χ0) is 25.3. The van der Waals surface area contributed by atoms with Gasteiger partial charge in [0, 0.05) is 17.2 Å². The summed E-state index contributed by atoms with van der Waals surface area (Å²) in [4.78, 5) is 38.6. The highest BCUT2D eigenvalue weighted by atomic mass is 17.6. The minimum atomic E-state index is -0.899. The van der Waals surface area contributed by atoms with Crippen LogP contribution in [0.25, 0.3) is 6.08 Å². The van der Waals surface area contributed by atoms with Crippen LogP contribution >= 0.6 is 0 Å². The number of unbranched alkanes of at least 4 members (excludes halogenated alkanes) is 4.